The SMILES string of the molecule is CC[C@]1(c2ccccc2)NC(=O)N(NC(=O)CSCc2ccccc2C)C1=O. The van der Waals surface area contributed by atoms with Crippen LogP contribution in [-0.2, 0) is 20.9 Å². The molecule has 1 atom stereocenters. The fourth-order valence-electron chi connectivity index (χ4n) is 3.22. The lowest BCUT2D eigenvalue weighted by molar-refractivity contribution is -0.138. The third kappa shape index (κ3) is 3.89. The van der Waals surface area contributed by atoms with Gasteiger partial charge in [-0.1, -0.05) is 61.5 Å². The zero-order valence-corrected chi connectivity index (χ0v) is 16.7. The van der Waals surface area contributed by atoms with E-state index in [4.69, 9.17) is 0 Å². The van der Waals surface area contributed by atoms with Gasteiger partial charge in [-0.25, -0.2) is 4.79 Å². The molecule has 0 saturated carbocycles. The highest BCUT2D eigenvalue weighted by Gasteiger charge is 2.52. The minimum Gasteiger partial charge on any atom is -0.318 e. The number of rotatable bonds is 7. The number of hydrogen-bond donors (Lipinski definition) is 2. The van der Waals surface area contributed by atoms with E-state index in [2.05, 4.69) is 10.7 Å². The number of nitrogens with zero attached hydrogens (tertiary/aromatic N) is 1. The first-order chi connectivity index (χ1) is 13.5. The Morgan fingerprint density at radius 2 is 1.79 bits per heavy atom. The fraction of sp³-hybridized carbons (Fsp3) is 0.286. The number of thioether (sulfide) groups is 1. The van der Waals surface area contributed by atoms with E-state index in [1.54, 1.807) is 12.1 Å². The van der Waals surface area contributed by atoms with Gasteiger partial charge in [-0.2, -0.15) is 5.01 Å². The molecule has 0 aliphatic carbocycles. The first-order valence-corrected chi connectivity index (χ1v) is 10.3. The molecule has 4 amide bonds. The molecule has 1 heterocycles. The van der Waals surface area contributed by atoms with Crippen molar-refractivity contribution < 1.29 is 14.4 Å². The van der Waals surface area contributed by atoms with E-state index in [1.807, 2.05) is 56.3 Å². The lowest BCUT2D eigenvalue weighted by Crippen LogP contribution is -2.49. The molecule has 1 aliphatic heterocycles. The Hall–Kier alpha value is -2.80. The molecular weight excluding hydrogens is 374 g/mol. The molecule has 2 N–H and O–H groups in total. The van der Waals surface area contributed by atoms with E-state index < -0.39 is 17.5 Å². The van der Waals surface area contributed by atoms with E-state index in [-0.39, 0.29) is 11.7 Å². The average Bonchev–Trinajstić information content (AvgIpc) is 2.95. The minimum absolute atomic E-state index is 0.149. The van der Waals surface area contributed by atoms with Crippen molar-refractivity contribution in [3.05, 3.63) is 71.3 Å². The molecular formula is C21H23N3O3S. The number of urea groups is 1. The summed E-state index contributed by atoms with van der Waals surface area (Å²) in [5.41, 5.74) is 4.32. The molecule has 0 aromatic heterocycles. The summed E-state index contributed by atoms with van der Waals surface area (Å²) in [6.45, 7) is 3.85. The third-order valence-electron chi connectivity index (χ3n) is 4.88. The molecule has 0 spiro atoms. The van der Waals surface area contributed by atoms with Gasteiger partial charge in [0, 0.05) is 5.75 Å². The Bertz CT molecular complexity index is 887. The Morgan fingerprint density at radius 3 is 2.46 bits per heavy atom. The van der Waals surface area contributed by atoms with Gasteiger partial charge in [-0.15, -0.1) is 11.8 Å². The van der Waals surface area contributed by atoms with Crippen molar-refractivity contribution in [2.24, 2.45) is 0 Å². The molecule has 1 aliphatic rings. The van der Waals surface area contributed by atoms with Crippen molar-refractivity contribution in [3.8, 4) is 0 Å². The highest BCUT2D eigenvalue weighted by Crippen LogP contribution is 2.31. The number of hydrogen-bond acceptors (Lipinski definition) is 4. The Balaban J connectivity index is 1.62. The predicted molar refractivity (Wildman–Crippen MR) is 109 cm³/mol. The van der Waals surface area contributed by atoms with Crippen molar-refractivity contribution in [3.63, 3.8) is 0 Å². The van der Waals surface area contributed by atoms with E-state index in [0.717, 1.165) is 10.6 Å². The van der Waals surface area contributed by atoms with Crippen LogP contribution in [0.2, 0.25) is 0 Å². The molecule has 6 nitrogen and oxygen atoms in total. The van der Waals surface area contributed by atoms with Crippen molar-refractivity contribution in [1.29, 1.82) is 0 Å². The number of imide groups is 1. The molecule has 0 unspecified atom stereocenters. The second-order valence-corrected chi connectivity index (χ2v) is 7.64. The molecule has 146 valence electrons. The molecule has 0 bridgehead atoms. The van der Waals surface area contributed by atoms with Gasteiger partial charge in [0.25, 0.3) is 5.91 Å². The summed E-state index contributed by atoms with van der Waals surface area (Å²) in [6.07, 6.45) is 0.385. The lowest BCUT2D eigenvalue weighted by atomic mass is 9.87. The van der Waals surface area contributed by atoms with Gasteiger partial charge in [-0.3, -0.25) is 15.0 Å². The second kappa shape index (κ2) is 8.48. The van der Waals surface area contributed by atoms with Gasteiger partial charge in [0.2, 0.25) is 5.91 Å². The number of carbonyl (C=O) groups excluding carboxylic acids is 3. The summed E-state index contributed by atoms with van der Waals surface area (Å²) in [5, 5.41) is 3.54. The summed E-state index contributed by atoms with van der Waals surface area (Å²) in [7, 11) is 0. The summed E-state index contributed by atoms with van der Waals surface area (Å²) < 4.78 is 0. The van der Waals surface area contributed by atoms with Gasteiger partial charge < -0.3 is 5.32 Å². The van der Waals surface area contributed by atoms with E-state index in [1.165, 1.54) is 17.3 Å². The summed E-state index contributed by atoms with van der Waals surface area (Å²) in [4.78, 5) is 37.6. The first kappa shape index (κ1) is 19.9. The predicted octanol–water partition coefficient (Wildman–Crippen LogP) is 3.12. The molecule has 1 fully saturated rings. The maximum atomic E-state index is 13.0. The molecule has 28 heavy (non-hydrogen) atoms. The largest absolute Gasteiger partial charge is 0.344 e. The van der Waals surface area contributed by atoms with Crippen LogP contribution in [0.3, 0.4) is 0 Å². The summed E-state index contributed by atoms with van der Waals surface area (Å²) in [6, 6.07) is 16.4. The molecule has 2 aromatic carbocycles. The van der Waals surface area contributed by atoms with Crippen LogP contribution in [0.5, 0.6) is 0 Å². The van der Waals surface area contributed by atoms with E-state index in [0.29, 0.717) is 17.7 Å². The van der Waals surface area contributed by atoms with Crippen LogP contribution in [0.15, 0.2) is 54.6 Å². The Labute approximate surface area is 168 Å². The van der Waals surface area contributed by atoms with Crippen LogP contribution in [0.1, 0.15) is 30.0 Å². The number of nitrogens with one attached hydrogen (secondary N) is 2. The summed E-state index contributed by atoms with van der Waals surface area (Å²) >= 11 is 1.43. The van der Waals surface area contributed by atoms with Crippen molar-refractivity contribution >= 4 is 29.6 Å². The lowest BCUT2D eigenvalue weighted by Gasteiger charge is -2.25. The number of carbonyl (C=O) groups is 3. The minimum atomic E-state index is -1.15. The Morgan fingerprint density at radius 1 is 1.11 bits per heavy atom. The quantitative estimate of drug-likeness (QED) is 0.704. The maximum absolute atomic E-state index is 13.0. The van der Waals surface area contributed by atoms with Crippen LogP contribution in [0.4, 0.5) is 4.79 Å². The normalized spacial score (nSPS) is 18.9. The number of benzene rings is 2. The van der Waals surface area contributed by atoms with Crippen LogP contribution < -0.4 is 10.7 Å². The van der Waals surface area contributed by atoms with E-state index in [9.17, 15) is 14.4 Å². The molecule has 0 radical (unpaired) electrons. The van der Waals surface area contributed by atoms with Gasteiger partial charge >= 0.3 is 6.03 Å². The van der Waals surface area contributed by atoms with Gasteiger partial charge in [0.1, 0.15) is 5.54 Å². The molecule has 2 aromatic rings. The van der Waals surface area contributed by atoms with Gasteiger partial charge in [0.15, 0.2) is 0 Å². The average molecular weight is 398 g/mol. The van der Waals surface area contributed by atoms with Crippen LogP contribution in [0, 0.1) is 6.92 Å². The molecule has 3 rings (SSSR count). The zero-order valence-electron chi connectivity index (χ0n) is 15.9. The number of aryl methyl sites for hydroxylation is 1. The van der Waals surface area contributed by atoms with E-state index >= 15 is 0 Å². The number of amides is 4. The zero-order chi connectivity index (χ0) is 20.1. The fourth-order valence-corrected chi connectivity index (χ4v) is 4.12. The third-order valence-corrected chi connectivity index (χ3v) is 5.86. The Kier molecular flexibility index (Phi) is 6.04. The standard InChI is InChI=1S/C21H23N3O3S/c1-3-21(17-11-5-4-6-12-17)19(26)24(20(27)22-21)23-18(25)14-28-13-16-10-8-7-9-15(16)2/h4-12H,3,13-14H2,1-2H3,(H,22,27)(H,23,25)/t21-/m1/s1. The highest BCUT2D eigenvalue weighted by atomic mass is 32.2. The van der Waals surface area contributed by atoms with Crippen LogP contribution in [0.25, 0.3) is 0 Å². The molecule has 1 saturated heterocycles. The van der Waals surface area contributed by atoms with Crippen molar-refractivity contribution in [1.82, 2.24) is 15.8 Å². The van der Waals surface area contributed by atoms with Crippen LogP contribution in [-0.4, -0.2) is 28.6 Å². The second-order valence-electron chi connectivity index (χ2n) is 6.65. The summed E-state index contributed by atoms with van der Waals surface area (Å²) in [5.74, 6) is -0.0237. The van der Waals surface area contributed by atoms with Crippen LogP contribution >= 0.6 is 11.8 Å². The smallest absolute Gasteiger partial charge is 0.318 e. The number of hydrazine groups is 1. The van der Waals surface area contributed by atoms with Gasteiger partial charge in [-0.05, 0) is 30.0 Å². The van der Waals surface area contributed by atoms with Crippen molar-refractivity contribution in [2.45, 2.75) is 31.6 Å². The van der Waals surface area contributed by atoms with Gasteiger partial charge in [0.05, 0.1) is 5.75 Å². The maximum Gasteiger partial charge on any atom is 0.344 e. The van der Waals surface area contributed by atoms with Crippen molar-refractivity contribution in [2.75, 3.05) is 5.75 Å². The first-order valence-electron chi connectivity index (χ1n) is 9.12. The molecule has 7 heteroatoms. The topological polar surface area (TPSA) is 78.5 Å². The monoisotopic (exact) mass is 397 g/mol. The highest BCUT2D eigenvalue weighted by molar-refractivity contribution is 7.99.